The highest BCUT2D eigenvalue weighted by Crippen LogP contribution is 2.26. The molecule has 0 saturated heterocycles. The Balaban J connectivity index is 2.36. The number of hydrazine groups is 1. The Morgan fingerprint density at radius 3 is 2.20 bits per heavy atom. The summed E-state index contributed by atoms with van der Waals surface area (Å²) >= 11 is 0. The lowest BCUT2D eigenvalue weighted by molar-refractivity contribution is 0.545. The third-order valence-corrected chi connectivity index (χ3v) is 4.02. The molecule has 0 radical (unpaired) electrons. The summed E-state index contributed by atoms with van der Waals surface area (Å²) in [4.78, 5) is 0. The number of hydrogen-bond donors (Lipinski definition) is 2. The van der Waals surface area contributed by atoms with Crippen LogP contribution in [0.4, 0.5) is 0 Å². The molecule has 3 N–H and O–H groups in total. The lowest BCUT2D eigenvalue weighted by Gasteiger charge is -2.22. The van der Waals surface area contributed by atoms with Gasteiger partial charge in [0.1, 0.15) is 0 Å². The van der Waals surface area contributed by atoms with Gasteiger partial charge in [-0.05, 0) is 61.9 Å². The number of nitrogens with one attached hydrogen (secondary N) is 1. The molecule has 1 atom stereocenters. The molecule has 0 spiro atoms. The lowest BCUT2D eigenvalue weighted by Crippen LogP contribution is -2.31. The van der Waals surface area contributed by atoms with Crippen LogP contribution in [0.25, 0.3) is 0 Å². The second kappa shape index (κ2) is 6.21. The molecule has 2 nitrogen and oxygen atoms in total. The van der Waals surface area contributed by atoms with E-state index in [0.717, 1.165) is 6.42 Å². The van der Waals surface area contributed by atoms with Crippen LogP contribution >= 0.6 is 0 Å². The predicted molar refractivity (Wildman–Crippen MR) is 85.6 cm³/mol. The number of aryl methyl sites for hydroxylation is 4. The van der Waals surface area contributed by atoms with Crippen molar-refractivity contribution in [3.63, 3.8) is 0 Å². The fourth-order valence-corrected chi connectivity index (χ4v) is 2.86. The Kier molecular flexibility index (Phi) is 4.58. The maximum absolute atomic E-state index is 5.83. The zero-order chi connectivity index (χ0) is 14.7. The summed E-state index contributed by atoms with van der Waals surface area (Å²) in [7, 11) is 0. The first-order valence-electron chi connectivity index (χ1n) is 7.11. The van der Waals surface area contributed by atoms with Crippen LogP contribution in [0, 0.1) is 27.7 Å². The molecule has 20 heavy (non-hydrogen) atoms. The van der Waals surface area contributed by atoms with Gasteiger partial charge in [0.25, 0.3) is 0 Å². The first kappa shape index (κ1) is 14.8. The molecule has 2 heteroatoms. The third-order valence-electron chi connectivity index (χ3n) is 4.02. The molecule has 0 aliphatic heterocycles. The molecular weight excluding hydrogens is 244 g/mol. The van der Waals surface area contributed by atoms with Gasteiger partial charge in [-0.2, -0.15) is 0 Å². The van der Waals surface area contributed by atoms with Crippen LogP contribution in [0.1, 0.15) is 39.4 Å². The molecule has 0 aliphatic rings. The molecule has 0 aromatic heterocycles. The Labute approximate surface area is 122 Å². The number of rotatable bonds is 4. The average Bonchev–Trinajstić information content (AvgIpc) is 2.41. The molecule has 0 bridgehead atoms. The van der Waals surface area contributed by atoms with Crippen molar-refractivity contribution in [3.8, 4) is 0 Å². The maximum atomic E-state index is 5.83. The van der Waals surface area contributed by atoms with E-state index < -0.39 is 0 Å². The molecule has 1 unspecified atom stereocenters. The van der Waals surface area contributed by atoms with Gasteiger partial charge in [0.2, 0.25) is 0 Å². The van der Waals surface area contributed by atoms with Gasteiger partial charge in [0, 0.05) is 0 Å². The van der Waals surface area contributed by atoms with E-state index in [4.69, 9.17) is 5.84 Å². The van der Waals surface area contributed by atoms with Crippen molar-refractivity contribution in [2.24, 2.45) is 5.84 Å². The average molecular weight is 268 g/mol. The van der Waals surface area contributed by atoms with Crippen LogP contribution in [0.15, 0.2) is 36.4 Å². The molecule has 0 amide bonds. The van der Waals surface area contributed by atoms with Gasteiger partial charge in [-0.3, -0.25) is 11.3 Å². The molecule has 2 aromatic carbocycles. The standard InChI is InChI=1S/C18H24N2/c1-12-8-9-13(2)16(10-12)11-17(20-19)18-14(3)6-5-7-15(18)4/h5-10,17,20H,11,19H2,1-4H3. The topological polar surface area (TPSA) is 38.0 Å². The van der Waals surface area contributed by atoms with Crippen LogP contribution in [0.2, 0.25) is 0 Å². The van der Waals surface area contributed by atoms with Gasteiger partial charge in [0.15, 0.2) is 0 Å². The van der Waals surface area contributed by atoms with Gasteiger partial charge in [-0.15, -0.1) is 0 Å². The van der Waals surface area contributed by atoms with Crippen molar-refractivity contribution in [2.75, 3.05) is 0 Å². The summed E-state index contributed by atoms with van der Waals surface area (Å²) in [6, 6.07) is 13.1. The minimum absolute atomic E-state index is 0.150. The van der Waals surface area contributed by atoms with Crippen LogP contribution in [-0.4, -0.2) is 0 Å². The minimum Gasteiger partial charge on any atom is -0.271 e. The van der Waals surface area contributed by atoms with E-state index in [1.54, 1.807) is 0 Å². The van der Waals surface area contributed by atoms with Gasteiger partial charge >= 0.3 is 0 Å². The highest BCUT2D eigenvalue weighted by Gasteiger charge is 2.16. The molecule has 0 aliphatic carbocycles. The van der Waals surface area contributed by atoms with E-state index in [2.05, 4.69) is 69.5 Å². The van der Waals surface area contributed by atoms with Crippen LogP contribution in [0.5, 0.6) is 0 Å². The van der Waals surface area contributed by atoms with Gasteiger partial charge in [0.05, 0.1) is 6.04 Å². The molecule has 106 valence electrons. The Hall–Kier alpha value is -1.64. The van der Waals surface area contributed by atoms with Crippen LogP contribution < -0.4 is 11.3 Å². The van der Waals surface area contributed by atoms with Crippen molar-refractivity contribution in [2.45, 2.75) is 40.2 Å². The van der Waals surface area contributed by atoms with Gasteiger partial charge in [-0.25, -0.2) is 0 Å². The molecule has 0 saturated carbocycles. The third kappa shape index (κ3) is 3.09. The van der Waals surface area contributed by atoms with Crippen molar-refractivity contribution in [1.82, 2.24) is 5.43 Å². The highest BCUT2D eigenvalue weighted by molar-refractivity contribution is 5.39. The van der Waals surface area contributed by atoms with Crippen molar-refractivity contribution < 1.29 is 0 Å². The molecular formula is C18H24N2. The predicted octanol–water partition coefficient (Wildman–Crippen LogP) is 3.67. The lowest BCUT2D eigenvalue weighted by atomic mass is 9.90. The quantitative estimate of drug-likeness (QED) is 0.656. The fourth-order valence-electron chi connectivity index (χ4n) is 2.86. The van der Waals surface area contributed by atoms with E-state index >= 15 is 0 Å². The monoisotopic (exact) mass is 268 g/mol. The Bertz CT molecular complexity index is 582. The molecule has 2 rings (SSSR count). The van der Waals surface area contributed by atoms with Gasteiger partial charge < -0.3 is 0 Å². The first-order valence-corrected chi connectivity index (χ1v) is 7.11. The summed E-state index contributed by atoms with van der Waals surface area (Å²) < 4.78 is 0. The molecule has 2 aromatic rings. The van der Waals surface area contributed by atoms with E-state index in [1.807, 2.05) is 0 Å². The second-order valence-corrected chi connectivity index (χ2v) is 5.66. The number of nitrogens with two attached hydrogens (primary N) is 1. The van der Waals surface area contributed by atoms with Crippen LogP contribution in [0.3, 0.4) is 0 Å². The van der Waals surface area contributed by atoms with Crippen LogP contribution in [-0.2, 0) is 6.42 Å². The first-order chi connectivity index (χ1) is 9.52. The Morgan fingerprint density at radius 2 is 1.60 bits per heavy atom. The summed E-state index contributed by atoms with van der Waals surface area (Å²) in [5, 5.41) is 0. The van der Waals surface area contributed by atoms with Crippen molar-refractivity contribution in [1.29, 1.82) is 0 Å². The zero-order valence-electron chi connectivity index (χ0n) is 12.8. The van der Waals surface area contributed by atoms with Crippen molar-refractivity contribution >= 4 is 0 Å². The van der Waals surface area contributed by atoms with E-state index in [0.29, 0.717) is 0 Å². The van der Waals surface area contributed by atoms with Gasteiger partial charge in [-0.1, -0.05) is 42.0 Å². The highest BCUT2D eigenvalue weighted by atomic mass is 15.2. The SMILES string of the molecule is Cc1ccc(C)c(CC(NN)c2c(C)cccc2C)c1. The van der Waals surface area contributed by atoms with E-state index in [9.17, 15) is 0 Å². The molecule has 0 fully saturated rings. The minimum atomic E-state index is 0.150. The largest absolute Gasteiger partial charge is 0.271 e. The normalized spacial score (nSPS) is 12.4. The zero-order valence-corrected chi connectivity index (χ0v) is 12.8. The Morgan fingerprint density at radius 1 is 0.950 bits per heavy atom. The maximum Gasteiger partial charge on any atom is 0.0505 e. The summed E-state index contributed by atoms with van der Waals surface area (Å²) in [5.74, 6) is 5.83. The fraction of sp³-hybridized carbons (Fsp3) is 0.333. The van der Waals surface area contributed by atoms with Crippen molar-refractivity contribution in [3.05, 3.63) is 69.8 Å². The summed E-state index contributed by atoms with van der Waals surface area (Å²) in [5.41, 5.74) is 10.9. The summed E-state index contributed by atoms with van der Waals surface area (Å²) in [6.45, 7) is 8.59. The second-order valence-electron chi connectivity index (χ2n) is 5.66. The smallest absolute Gasteiger partial charge is 0.0505 e. The number of hydrogen-bond acceptors (Lipinski definition) is 2. The number of benzene rings is 2. The summed E-state index contributed by atoms with van der Waals surface area (Å²) in [6.07, 6.45) is 0.912. The molecule has 0 heterocycles. The van der Waals surface area contributed by atoms with E-state index in [1.165, 1.54) is 33.4 Å². The van der Waals surface area contributed by atoms with E-state index in [-0.39, 0.29) is 6.04 Å².